The maximum Gasteiger partial charge on any atom is 0.159 e. The average Bonchev–Trinajstić information content (AvgIpc) is 2.37. The van der Waals surface area contributed by atoms with Crippen LogP contribution in [-0.2, 0) is 6.42 Å². The lowest BCUT2D eigenvalue weighted by Gasteiger charge is -2.18. The topological polar surface area (TPSA) is 27.0 Å². The van der Waals surface area contributed by atoms with Crippen molar-refractivity contribution < 1.29 is 8.78 Å². The van der Waals surface area contributed by atoms with E-state index < -0.39 is 11.6 Å². The van der Waals surface area contributed by atoms with Gasteiger partial charge in [0.15, 0.2) is 11.6 Å². The molecule has 1 aromatic carbocycles. The summed E-state index contributed by atoms with van der Waals surface area (Å²) in [5.74, 6) is -1.60. The molecule has 0 radical (unpaired) electrons. The SMILES string of the molecule is CCC(C#N)CN(C)CCc1ccc(F)c(F)c1. The van der Waals surface area contributed by atoms with Crippen LogP contribution in [0.25, 0.3) is 0 Å². The fraction of sp³-hybridized carbons (Fsp3) is 0.500. The fourth-order valence-corrected chi connectivity index (χ4v) is 1.74. The number of nitriles is 1. The molecular formula is C14H18F2N2. The first-order valence-electron chi connectivity index (χ1n) is 6.09. The van der Waals surface area contributed by atoms with Crippen LogP contribution in [0, 0.1) is 28.9 Å². The zero-order valence-electron chi connectivity index (χ0n) is 10.8. The first kappa shape index (κ1) is 14.6. The molecular weight excluding hydrogens is 234 g/mol. The molecule has 1 atom stereocenters. The van der Waals surface area contributed by atoms with Crippen LogP contribution < -0.4 is 0 Å². The summed E-state index contributed by atoms with van der Waals surface area (Å²) in [5.41, 5.74) is 0.769. The third-order valence-corrected chi connectivity index (χ3v) is 2.97. The van der Waals surface area contributed by atoms with Gasteiger partial charge in [-0.15, -0.1) is 0 Å². The van der Waals surface area contributed by atoms with E-state index in [1.807, 2.05) is 18.9 Å². The molecule has 1 unspecified atom stereocenters. The summed E-state index contributed by atoms with van der Waals surface area (Å²) in [6, 6.07) is 6.21. The van der Waals surface area contributed by atoms with Crippen molar-refractivity contribution in [3.8, 4) is 6.07 Å². The first-order chi connectivity index (χ1) is 8.56. The molecule has 0 aromatic heterocycles. The smallest absolute Gasteiger partial charge is 0.159 e. The standard InChI is InChI=1S/C14H18F2N2/c1-3-11(9-17)10-18(2)7-6-12-4-5-13(15)14(16)8-12/h4-5,8,11H,3,6-7,10H2,1-2H3. The van der Waals surface area contributed by atoms with Gasteiger partial charge in [-0.2, -0.15) is 5.26 Å². The van der Waals surface area contributed by atoms with Crippen molar-refractivity contribution in [1.29, 1.82) is 5.26 Å². The van der Waals surface area contributed by atoms with E-state index in [2.05, 4.69) is 6.07 Å². The minimum absolute atomic E-state index is 0.0277. The third kappa shape index (κ3) is 4.42. The minimum atomic E-state index is -0.817. The van der Waals surface area contributed by atoms with Crippen molar-refractivity contribution >= 4 is 0 Å². The lowest BCUT2D eigenvalue weighted by Crippen LogP contribution is -2.27. The Morgan fingerprint density at radius 3 is 2.61 bits per heavy atom. The zero-order chi connectivity index (χ0) is 13.5. The molecule has 1 aromatic rings. The van der Waals surface area contributed by atoms with E-state index in [9.17, 15) is 8.78 Å². The Labute approximate surface area is 107 Å². The number of hydrogen-bond acceptors (Lipinski definition) is 2. The molecule has 0 N–H and O–H groups in total. The van der Waals surface area contributed by atoms with E-state index in [4.69, 9.17) is 5.26 Å². The Bertz CT molecular complexity index is 426. The quantitative estimate of drug-likeness (QED) is 0.778. The minimum Gasteiger partial charge on any atom is -0.305 e. The van der Waals surface area contributed by atoms with Gasteiger partial charge < -0.3 is 4.90 Å². The predicted molar refractivity (Wildman–Crippen MR) is 67.0 cm³/mol. The number of likely N-dealkylation sites (N-methyl/N-ethyl adjacent to an activating group) is 1. The monoisotopic (exact) mass is 252 g/mol. The summed E-state index contributed by atoms with van der Waals surface area (Å²) in [7, 11) is 1.93. The van der Waals surface area contributed by atoms with E-state index >= 15 is 0 Å². The molecule has 0 bridgehead atoms. The van der Waals surface area contributed by atoms with Gasteiger partial charge in [0.2, 0.25) is 0 Å². The van der Waals surface area contributed by atoms with Crippen molar-refractivity contribution in [1.82, 2.24) is 4.90 Å². The van der Waals surface area contributed by atoms with Gasteiger partial charge in [0, 0.05) is 13.1 Å². The molecule has 18 heavy (non-hydrogen) atoms. The van der Waals surface area contributed by atoms with E-state index in [1.54, 1.807) is 6.07 Å². The van der Waals surface area contributed by atoms with Crippen LogP contribution in [0.5, 0.6) is 0 Å². The van der Waals surface area contributed by atoms with Crippen LogP contribution in [0.1, 0.15) is 18.9 Å². The number of hydrogen-bond donors (Lipinski definition) is 0. The summed E-state index contributed by atoms with van der Waals surface area (Å²) in [4.78, 5) is 2.04. The molecule has 0 spiro atoms. The number of nitrogens with zero attached hydrogens (tertiary/aromatic N) is 2. The number of benzene rings is 1. The maximum atomic E-state index is 13.0. The van der Waals surface area contributed by atoms with Gasteiger partial charge in [-0.05, 0) is 37.6 Å². The molecule has 0 heterocycles. The van der Waals surface area contributed by atoms with E-state index in [0.717, 1.165) is 24.6 Å². The Morgan fingerprint density at radius 1 is 1.33 bits per heavy atom. The van der Waals surface area contributed by atoms with Gasteiger partial charge in [-0.25, -0.2) is 8.78 Å². The third-order valence-electron chi connectivity index (χ3n) is 2.97. The Kier molecular flexibility index (Phi) is 5.73. The largest absolute Gasteiger partial charge is 0.305 e. The van der Waals surface area contributed by atoms with Crippen molar-refractivity contribution in [2.24, 2.45) is 5.92 Å². The van der Waals surface area contributed by atoms with Crippen LogP contribution >= 0.6 is 0 Å². The van der Waals surface area contributed by atoms with Gasteiger partial charge in [-0.1, -0.05) is 13.0 Å². The molecule has 0 fully saturated rings. The van der Waals surface area contributed by atoms with Crippen molar-refractivity contribution in [2.45, 2.75) is 19.8 Å². The molecule has 4 heteroatoms. The van der Waals surface area contributed by atoms with Crippen molar-refractivity contribution in [3.05, 3.63) is 35.4 Å². The first-order valence-corrected chi connectivity index (χ1v) is 6.09. The molecule has 0 saturated heterocycles. The average molecular weight is 252 g/mol. The summed E-state index contributed by atoms with van der Waals surface area (Å²) in [6.45, 7) is 3.41. The van der Waals surface area contributed by atoms with Crippen LogP contribution in [0.15, 0.2) is 18.2 Å². The van der Waals surface area contributed by atoms with Crippen molar-refractivity contribution in [2.75, 3.05) is 20.1 Å². The highest BCUT2D eigenvalue weighted by molar-refractivity contribution is 5.18. The molecule has 0 aliphatic carbocycles. The van der Waals surface area contributed by atoms with E-state index in [-0.39, 0.29) is 5.92 Å². The maximum absolute atomic E-state index is 13.0. The van der Waals surface area contributed by atoms with Crippen LogP contribution in [-0.4, -0.2) is 25.0 Å². The highest BCUT2D eigenvalue weighted by Gasteiger charge is 2.09. The molecule has 0 amide bonds. The lowest BCUT2D eigenvalue weighted by atomic mass is 10.1. The van der Waals surface area contributed by atoms with Gasteiger partial charge in [-0.3, -0.25) is 0 Å². The van der Waals surface area contributed by atoms with Gasteiger partial charge in [0.25, 0.3) is 0 Å². The van der Waals surface area contributed by atoms with Gasteiger partial charge in [0.05, 0.1) is 12.0 Å². The normalized spacial score (nSPS) is 12.4. The molecule has 0 saturated carbocycles. The van der Waals surface area contributed by atoms with Crippen molar-refractivity contribution in [3.63, 3.8) is 0 Å². The molecule has 0 aliphatic rings. The lowest BCUT2D eigenvalue weighted by molar-refractivity contribution is 0.303. The summed E-state index contributed by atoms with van der Waals surface area (Å²) >= 11 is 0. The Morgan fingerprint density at radius 2 is 2.06 bits per heavy atom. The Hall–Kier alpha value is -1.47. The van der Waals surface area contributed by atoms with Gasteiger partial charge >= 0.3 is 0 Å². The molecule has 98 valence electrons. The predicted octanol–water partition coefficient (Wildman–Crippen LogP) is 2.99. The highest BCUT2D eigenvalue weighted by atomic mass is 19.2. The highest BCUT2D eigenvalue weighted by Crippen LogP contribution is 2.10. The number of rotatable bonds is 6. The second kappa shape index (κ2) is 7.07. The summed E-state index contributed by atoms with van der Waals surface area (Å²) < 4.78 is 25.7. The number of halogens is 2. The van der Waals surface area contributed by atoms with E-state index in [0.29, 0.717) is 13.0 Å². The second-order valence-electron chi connectivity index (χ2n) is 4.49. The fourth-order valence-electron chi connectivity index (χ4n) is 1.74. The zero-order valence-corrected chi connectivity index (χ0v) is 10.8. The molecule has 1 rings (SSSR count). The summed E-state index contributed by atoms with van der Waals surface area (Å²) in [6.07, 6.45) is 1.47. The van der Waals surface area contributed by atoms with Crippen LogP contribution in [0.2, 0.25) is 0 Å². The van der Waals surface area contributed by atoms with Crippen LogP contribution in [0.4, 0.5) is 8.78 Å². The molecule has 0 aliphatic heterocycles. The molecule has 2 nitrogen and oxygen atoms in total. The van der Waals surface area contributed by atoms with E-state index in [1.165, 1.54) is 6.07 Å². The van der Waals surface area contributed by atoms with Gasteiger partial charge in [0.1, 0.15) is 0 Å². The second-order valence-corrected chi connectivity index (χ2v) is 4.49. The summed E-state index contributed by atoms with van der Waals surface area (Å²) in [5, 5.41) is 8.86. The van der Waals surface area contributed by atoms with Crippen LogP contribution in [0.3, 0.4) is 0 Å². The Balaban J connectivity index is 2.45.